The monoisotopic (exact) mass is 622 g/mol. The van der Waals surface area contributed by atoms with Crippen molar-refractivity contribution in [3.8, 4) is 17.6 Å². The summed E-state index contributed by atoms with van der Waals surface area (Å²) in [4.78, 5) is 13.0. The molecule has 7 heteroatoms. The molecule has 0 unspecified atom stereocenters. The van der Waals surface area contributed by atoms with Crippen molar-refractivity contribution in [1.29, 1.82) is 5.26 Å². The number of anilines is 1. The van der Waals surface area contributed by atoms with Crippen LogP contribution in [0.25, 0.3) is 16.8 Å². The van der Waals surface area contributed by atoms with Crippen molar-refractivity contribution < 1.29 is 14.3 Å². The van der Waals surface area contributed by atoms with Crippen molar-refractivity contribution in [2.24, 2.45) is 0 Å². The number of nitriles is 1. The van der Waals surface area contributed by atoms with Crippen LogP contribution in [-0.4, -0.2) is 5.91 Å². The van der Waals surface area contributed by atoms with Gasteiger partial charge in [-0.1, -0.05) is 82.1 Å². The van der Waals surface area contributed by atoms with Crippen molar-refractivity contribution >= 4 is 56.0 Å². The van der Waals surface area contributed by atoms with E-state index >= 15 is 0 Å². The fourth-order valence-electron chi connectivity index (χ4n) is 4.22. The Morgan fingerprint density at radius 2 is 1.63 bits per heavy atom. The first-order valence-corrected chi connectivity index (χ1v) is 13.9. The van der Waals surface area contributed by atoms with Gasteiger partial charge in [-0.25, -0.2) is 0 Å². The lowest BCUT2D eigenvalue weighted by Crippen LogP contribution is -2.13. The quantitative estimate of drug-likeness (QED) is 0.131. The molecule has 41 heavy (non-hydrogen) atoms. The maximum Gasteiger partial charge on any atom is 0.266 e. The highest BCUT2D eigenvalue weighted by Gasteiger charge is 2.13. The van der Waals surface area contributed by atoms with Gasteiger partial charge in [0.05, 0.1) is 0 Å². The zero-order chi connectivity index (χ0) is 28.6. The van der Waals surface area contributed by atoms with Crippen LogP contribution in [0.1, 0.15) is 16.7 Å². The summed E-state index contributed by atoms with van der Waals surface area (Å²) in [5.41, 5.74) is 3.12. The number of rotatable bonds is 9. The normalized spacial score (nSPS) is 11.1. The lowest BCUT2D eigenvalue weighted by atomic mass is 10.1. The highest BCUT2D eigenvalue weighted by Crippen LogP contribution is 2.28. The lowest BCUT2D eigenvalue weighted by molar-refractivity contribution is -0.112. The van der Waals surface area contributed by atoms with Crippen LogP contribution in [-0.2, 0) is 18.0 Å². The van der Waals surface area contributed by atoms with Gasteiger partial charge in [0.25, 0.3) is 5.91 Å². The first-order valence-electron chi connectivity index (χ1n) is 12.8. The zero-order valence-corrected chi connectivity index (χ0v) is 24.2. The largest absolute Gasteiger partial charge is 0.489 e. The van der Waals surface area contributed by atoms with E-state index in [-0.39, 0.29) is 5.57 Å². The maximum atomic E-state index is 13.0. The Morgan fingerprint density at radius 1 is 0.878 bits per heavy atom. The second kappa shape index (κ2) is 13.2. The smallest absolute Gasteiger partial charge is 0.266 e. The van der Waals surface area contributed by atoms with E-state index in [1.165, 1.54) is 6.08 Å². The zero-order valence-electron chi connectivity index (χ0n) is 21.8. The summed E-state index contributed by atoms with van der Waals surface area (Å²) in [5.74, 6) is 0.683. The highest BCUT2D eigenvalue weighted by atomic mass is 79.9. The van der Waals surface area contributed by atoms with E-state index in [2.05, 4.69) is 39.4 Å². The molecule has 0 heterocycles. The lowest BCUT2D eigenvalue weighted by Gasteiger charge is -2.12. The topological polar surface area (TPSA) is 71.3 Å². The number of carbonyl (C=O) groups excluding carboxylic acids is 1. The van der Waals surface area contributed by atoms with Gasteiger partial charge in [-0.2, -0.15) is 5.26 Å². The van der Waals surface area contributed by atoms with E-state index in [9.17, 15) is 10.1 Å². The van der Waals surface area contributed by atoms with Gasteiger partial charge in [-0.15, -0.1) is 0 Å². The molecule has 5 aromatic rings. The first kappa shape index (κ1) is 28.0. The van der Waals surface area contributed by atoms with Gasteiger partial charge in [0.1, 0.15) is 36.4 Å². The second-order valence-electron chi connectivity index (χ2n) is 9.17. The molecule has 1 N–H and O–H groups in total. The first-order chi connectivity index (χ1) is 20.0. The van der Waals surface area contributed by atoms with Crippen LogP contribution < -0.4 is 14.8 Å². The molecule has 5 nitrogen and oxygen atoms in total. The Morgan fingerprint density at radius 3 is 2.41 bits per heavy atom. The van der Waals surface area contributed by atoms with E-state index in [1.807, 2.05) is 72.8 Å². The summed E-state index contributed by atoms with van der Waals surface area (Å²) in [7, 11) is 0. The average molecular weight is 624 g/mol. The standard InChI is InChI=1S/C34H24BrClN2O3/c35-28-10-17-33(41-22-25-6-3-5-24-4-1-2-7-32(24)25)26(19-28)18-27(20-37)34(39)38-30-13-15-31(16-14-30)40-21-23-8-11-29(36)12-9-23/h1-19H,21-22H2,(H,38,39)/b27-18+. The molecule has 0 saturated carbocycles. The number of hydrogen-bond acceptors (Lipinski definition) is 4. The van der Waals surface area contributed by atoms with Crippen LogP contribution in [0.2, 0.25) is 5.02 Å². The molecule has 0 fully saturated rings. The fraction of sp³-hybridized carbons (Fsp3) is 0.0588. The Balaban J connectivity index is 1.27. The second-order valence-corrected chi connectivity index (χ2v) is 10.5. The van der Waals surface area contributed by atoms with Crippen LogP contribution in [0.5, 0.6) is 11.5 Å². The third kappa shape index (κ3) is 7.34. The van der Waals surface area contributed by atoms with E-state index in [4.69, 9.17) is 21.1 Å². The molecule has 0 spiro atoms. The molecule has 202 valence electrons. The summed E-state index contributed by atoms with van der Waals surface area (Å²) < 4.78 is 12.8. The molecule has 0 bridgehead atoms. The Hall–Kier alpha value is -4.57. The van der Waals surface area contributed by atoms with Gasteiger partial charge in [0.15, 0.2) is 0 Å². The number of fused-ring (bicyclic) bond motifs is 1. The van der Waals surface area contributed by atoms with Crippen molar-refractivity contribution in [2.75, 3.05) is 5.32 Å². The summed E-state index contributed by atoms with van der Waals surface area (Å²) in [6.07, 6.45) is 1.53. The van der Waals surface area contributed by atoms with Gasteiger partial charge in [-0.3, -0.25) is 4.79 Å². The van der Waals surface area contributed by atoms with Crippen molar-refractivity contribution in [1.82, 2.24) is 0 Å². The maximum absolute atomic E-state index is 13.0. The van der Waals surface area contributed by atoms with Gasteiger partial charge in [0, 0.05) is 20.7 Å². The predicted molar refractivity (Wildman–Crippen MR) is 167 cm³/mol. The Labute approximate surface area is 251 Å². The molecule has 5 aromatic carbocycles. The Kier molecular flexibility index (Phi) is 9.00. The van der Waals surface area contributed by atoms with Gasteiger partial charge < -0.3 is 14.8 Å². The molecule has 0 aliphatic rings. The molecule has 1 amide bonds. The minimum atomic E-state index is -0.526. The van der Waals surface area contributed by atoms with Gasteiger partial charge >= 0.3 is 0 Å². The number of ether oxygens (including phenoxy) is 2. The van der Waals surface area contributed by atoms with E-state index in [0.717, 1.165) is 26.4 Å². The van der Waals surface area contributed by atoms with Crippen LogP contribution >= 0.6 is 27.5 Å². The van der Waals surface area contributed by atoms with Gasteiger partial charge in [-0.05, 0) is 82.6 Å². The molecular weight excluding hydrogens is 600 g/mol. The fourth-order valence-corrected chi connectivity index (χ4v) is 4.73. The van der Waals surface area contributed by atoms with Crippen molar-refractivity contribution in [3.05, 3.63) is 141 Å². The summed E-state index contributed by atoms with van der Waals surface area (Å²) in [5, 5.41) is 15.5. The van der Waals surface area contributed by atoms with Crippen molar-refractivity contribution in [2.45, 2.75) is 13.2 Å². The molecule has 0 aromatic heterocycles. The number of amides is 1. The van der Waals surface area contributed by atoms with Crippen molar-refractivity contribution in [3.63, 3.8) is 0 Å². The number of benzene rings is 5. The Bertz CT molecular complexity index is 1760. The van der Waals surface area contributed by atoms with E-state index in [0.29, 0.717) is 41.0 Å². The van der Waals surface area contributed by atoms with E-state index < -0.39 is 5.91 Å². The number of nitrogens with one attached hydrogen (secondary N) is 1. The number of halogens is 2. The average Bonchev–Trinajstić information content (AvgIpc) is 2.99. The summed E-state index contributed by atoms with van der Waals surface area (Å²) in [6.45, 7) is 0.728. The van der Waals surface area contributed by atoms with Crippen LogP contribution in [0, 0.1) is 11.3 Å². The molecule has 0 aliphatic carbocycles. The minimum Gasteiger partial charge on any atom is -0.489 e. The molecule has 5 rings (SSSR count). The summed E-state index contributed by atoms with van der Waals surface area (Å²) in [6, 6.07) is 36.1. The van der Waals surface area contributed by atoms with Crippen LogP contribution in [0.4, 0.5) is 5.69 Å². The van der Waals surface area contributed by atoms with Crippen LogP contribution in [0.15, 0.2) is 119 Å². The third-order valence-corrected chi connectivity index (χ3v) is 7.08. The van der Waals surface area contributed by atoms with Gasteiger partial charge in [0.2, 0.25) is 0 Å². The minimum absolute atomic E-state index is 0.0545. The highest BCUT2D eigenvalue weighted by molar-refractivity contribution is 9.10. The van der Waals surface area contributed by atoms with Crippen LogP contribution in [0.3, 0.4) is 0 Å². The molecule has 0 saturated heterocycles. The third-order valence-electron chi connectivity index (χ3n) is 6.33. The predicted octanol–water partition coefficient (Wildman–Crippen LogP) is 8.96. The SMILES string of the molecule is N#C/C(=C\c1cc(Br)ccc1OCc1cccc2ccccc12)C(=O)Nc1ccc(OCc2ccc(Cl)cc2)cc1. The molecule has 0 atom stereocenters. The molecular formula is C34H24BrClN2O3. The number of nitrogens with zero attached hydrogens (tertiary/aromatic N) is 1. The van der Waals surface area contributed by atoms with E-state index in [1.54, 1.807) is 24.3 Å². The number of hydrogen-bond donors (Lipinski definition) is 1. The molecule has 0 aliphatic heterocycles. The molecule has 0 radical (unpaired) electrons. The summed E-state index contributed by atoms with van der Waals surface area (Å²) >= 11 is 9.41. The number of carbonyl (C=O) groups is 1.